The molecule has 0 radical (unpaired) electrons. The molecule has 0 saturated heterocycles. The number of rotatable bonds is 6. The van der Waals surface area contributed by atoms with Crippen LogP contribution in [0, 0.1) is 0 Å². The third kappa shape index (κ3) is 5.35. The number of halogens is 1. The van der Waals surface area contributed by atoms with Crippen LogP contribution in [0.25, 0.3) is 0 Å². The summed E-state index contributed by atoms with van der Waals surface area (Å²) >= 11 is 3.37. The molecule has 0 amide bonds. The summed E-state index contributed by atoms with van der Waals surface area (Å²) in [7, 11) is -1.58. The Kier molecular flexibility index (Phi) is 6.01. The SMILES string of the molecule is COc1ccc(COC(=O)c2cccc(CS(C)(=O)=O)c2)cc1Br. The van der Waals surface area contributed by atoms with Crippen LogP contribution >= 0.6 is 15.9 Å². The number of carbonyl (C=O) groups is 1. The molecule has 0 atom stereocenters. The molecule has 7 heteroatoms. The van der Waals surface area contributed by atoms with Crippen LogP contribution in [-0.4, -0.2) is 27.8 Å². The second-order valence-electron chi connectivity index (χ2n) is 5.32. The molecule has 2 aromatic rings. The number of esters is 1. The van der Waals surface area contributed by atoms with Crippen molar-refractivity contribution in [3.8, 4) is 5.75 Å². The largest absolute Gasteiger partial charge is 0.496 e. The molecule has 0 bridgehead atoms. The highest BCUT2D eigenvalue weighted by atomic mass is 79.9. The van der Waals surface area contributed by atoms with Crippen molar-refractivity contribution in [2.24, 2.45) is 0 Å². The summed E-state index contributed by atoms with van der Waals surface area (Å²) in [6.07, 6.45) is 1.15. The molecule has 0 fully saturated rings. The van der Waals surface area contributed by atoms with E-state index in [1.165, 1.54) is 6.07 Å². The minimum absolute atomic E-state index is 0.109. The Morgan fingerprint density at radius 1 is 1.12 bits per heavy atom. The van der Waals surface area contributed by atoms with E-state index in [1.807, 2.05) is 6.07 Å². The maximum absolute atomic E-state index is 12.1. The maximum atomic E-state index is 12.1. The Balaban J connectivity index is 2.05. The second-order valence-corrected chi connectivity index (χ2v) is 8.31. The first-order valence-corrected chi connectivity index (χ1v) is 9.90. The summed E-state index contributed by atoms with van der Waals surface area (Å²) in [4.78, 5) is 12.1. The van der Waals surface area contributed by atoms with E-state index in [4.69, 9.17) is 9.47 Å². The Labute approximate surface area is 149 Å². The highest BCUT2D eigenvalue weighted by Gasteiger charge is 2.11. The zero-order valence-corrected chi connectivity index (χ0v) is 15.7. The van der Waals surface area contributed by atoms with E-state index in [0.717, 1.165) is 16.3 Å². The molecule has 0 spiro atoms. The van der Waals surface area contributed by atoms with Gasteiger partial charge in [0.1, 0.15) is 12.4 Å². The predicted octanol–water partition coefficient (Wildman–Crippen LogP) is 3.36. The van der Waals surface area contributed by atoms with Crippen molar-refractivity contribution >= 4 is 31.7 Å². The van der Waals surface area contributed by atoms with Crippen LogP contribution in [0.4, 0.5) is 0 Å². The van der Waals surface area contributed by atoms with Gasteiger partial charge in [0.2, 0.25) is 0 Å². The number of sulfone groups is 1. The van der Waals surface area contributed by atoms with Crippen molar-refractivity contribution in [2.75, 3.05) is 13.4 Å². The monoisotopic (exact) mass is 412 g/mol. The molecule has 0 aliphatic heterocycles. The quantitative estimate of drug-likeness (QED) is 0.680. The van der Waals surface area contributed by atoms with Gasteiger partial charge in [0.25, 0.3) is 0 Å². The van der Waals surface area contributed by atoms with Gasteiger partial charge < -0.3 is 9.47 Å². The van der Waals surface area contributed by atoms with Gasteiger partial charge in [-0.1, -0.05) is 18.2 Å². The number of carbonyl (C=O) groups excluding carboxylic acids is 1. The summed E-state index contributed by atoms with van der Waals surface area (Å²) in [5.74, 6) is 0.0790. The van der Waals surface area contributed by atoms with Gasteiger partial charge in [-0.3, -0.25) is 0 Å². The molecular weight excluding hydrogens is 396 g/mol. The lowest BCUT2D eigenvalue weighted by Crippen LogP contribution is -2.07. The van der Waals surface area contributed by atoms with Crippen LogP contribution in [0.2, 0.25) is 0 Å². The van der Waals surface area contributed by atoms with Crippen LogP contribution in [0.15, 0.2) is 46.9 Å². The molecule has 0 heterocycles. The fraction of sp³-hybridized carbons (Fsp3) is 0.235. The first-order valence-electron chi connectivity index (χ1n) is 7.05. The Bertz CT molecular complexity index is 846. The molecule has 2 aromatic carbocycles. The van der Waals surface area contributed by atoms with E-state index < -0.39 is 15.8 Å². The maximum Gasteiger partial charge on any atom is 0.338 e. The average Bonchev–Trinajstić information content (AvgIpc) is 2.51. The molecule has 0 saturated carbocycles. The highest BCUT2D eigenvalue weighted by molar-refractivity contribution is 9.10. The van der Waals surface area contributed by atoms with Crippen molar-refractivity contribution in [2.45, 2.75) is 12.4 Å². The van der Waals surface area contributed by atoms with Crippen molar-refractivity contribution in [3.05, 3.63) is 63.6 Å². The molecule has 0 N–H and O–H groups in total. The minimum Gasteiger partial charge on any atom is -0.496 e. The smallest absolute Gasteiger partial charge is 0.338 e. The molecule has 0 aromatic heterocycles. The number of hydrogen-bond acceptors (Lipinski definition) is 5. The Hall–Kier alpha value is -1.86. The zero-order valence-electron chi connectivity index (χ0n) is 13.3. The molecule has 128 valence electrons. The first kappa shape index (κ1) is 18.5. The van der Waals surface area contributed by atoms with Crippen molar-refractivity contribution < 1.29 is 22.7 Å². The number of benzene rings is 2. The van der Waals surface area contributed by atoms with E-state index in [-0.39, 0.29) is 12.4 Å². The molecule has 2 rings (SSSR count). The Morgan fingerprint density at radius 2 is 1.88 bits per heavy atom. The van der Waals surface area contributed by atoms with Gasteiger partial charge >= 0.3 is 5.97 Å². The molecule has 0 aliphatic rings. The van der Waals surface area contributed by atoms with E-state index in [2.05, 4.69) is 15.9 Å². The third-order valence-corrected chi connectivity index (χ3v) is 4.66. The third-order valence-electron chi connectivity index (χ3n) is 3.18. The molecule has 0 unspecified atom stereocenters. The summed E-state index contributed by atoms with van der Waals surface area (Å²) < 4.78 is 33.9. The molecular formula is C17H17BrO5S. The summed E-state index contributed by atoms with van der Waals surface area (Å²) in [5.41, 5.74) is 1.69. The highest BCUT2D eigenvalue weighted by Crippen LogP contribution is 2.25. The van der Waals surface area contributed by atoms with E-state index in [1.54, 1.807) is 37.4 Å². The van der Waals surface area contributed by atoms with Gasteiger partial charge in [0.05, 0.1) is 22.9 Å². The molecule has 0 aliphatic carbocycles. The molecule has 5 nitrogen and oxygen atoms in total. The van der Waals surface area contributed by atoms with Crippen molar-refractivity contribution in [1.82, 2.24) is 0 Å². The standard InChI is InChI=1S/C17H17BrO5S/c1-22-16-7-6-12(9-15(16)18)10-23-17(19)14-5-3-4-13(8-14)11-24(2,20)21/h3-9H,10-11H2,1-2H3. The van der Waals surface area contributed by atoms with Gasteiger partial charge in [0, 0.05) is 6.26 Å². The first-order chi connectivity index (χ1) is 11.3. The Morgan fingerprint density at radius 3 is 2.50 bits per heavy atom. The average molecular weight is 413 g/mol. The predicted molar refractivity (Wildman–Crippen MR) is 94.8 cm³/mol. The summed E-state index contributed by atoms with van der Waals surface area (Å²) in [6, 6.07) is 11.8. The van der Waals surface area contributed by atoms with E-state index >= 15 is 0 Å². The zero-order chi connectivity index (χ0) is 17.7. The van der Waals surface area contributed by atoms with Gasteiger partial charge in [-0.05, 0) is 51.3 Å². The topological polar surface area (TPSA) is 69.7 Å². The van der Waals surface area contributed by atoms with Gasteiger partial charge in [0.15, 0.2) is 9.84 Å². The van der Waals surface area contributed by atoms with Crippen molar-refractivity contribution in [1.29, 1.82) is 0 Å². The van der Waals surface area contributed by atoms with Gasteiger partial charge in [-0.2, -0.15) is 0 Å². The second kappa shape index (κ2) is 7.81. The fourth-order valence-electron chi connectivity index (χ4n) is 2.12. The van der Waals surface area contributed by atoms with Crippen LogP contribution in [0.1, 0.15) is 21.5 Å². The lowest BCUT2D eigenvalue weighted by molar-refractivity contribution is 0.0472. The minimum atomic E-state index is -3.16. The van der Waals surface area contributed by atoms with Gasteiger partial charge in [-0.25, -0.2) is 13.2 Å². The molecule has 24 heavy (non-hydrogen) atoms. The van der Waals surface area contributed by atoms with E-state index in [9.17, 15) is 13.2 Å². The lowest BCUT2D eigenvalue weighted by Gasteiger charge is -2.08. The number of ether oxygens (including phenoxy) is 2. The van der Waals surface area contributed by atoms with Gasteiger partial charge in [-0.15, -0.1) is 0 Å². The van der Waals surface area contributed by atoms with Crippen LogP contribution in [0.5, 0.6) is 5.75 Å². The van der Waals surface area contributed by atoms with Crippen LogP contribution < -0.4 is 4.74 Å². The van der Waals surface area contributed by atoms with E-state index in [0.29, 0.717) is 16.9 Å². The number of methoxy groups -OCH3 is 1. The van der Waals surface area contributed by atoms with Crippen molar-refractivity contribution in [3.63, 3.8) is 0 Å². The summed E-state index contributed by atoms with van der Waals surface area (Å²) in [6.45, 7) is 0.109. The van der Waals surface area contributed by atoms with Crippen LogP contribution in [0.3, 0.4) is 0 Å². The van der Waals surface area contributed by atoms with Crippen LogP contribution in [-0.2, 0) is 26.9 Å². The number of hydrogen-bond donors (Lipinski definition) is 0. The fourth-order valence-corrected chi connectivity index (χ4v) is 3.50. The normalized spacial score (nSPS) is 11.1. The summed E-state index contributed by atoms with van der Waals surface area (Å²) in [5, 5.41) is 0. The lowest BCUT2D eigenvalue weighted by atomic mass is 10.1.